The van der Waals surface area contributed by atoms with Gasteiger partial charge in [-0.15, -0.1) is 0 Å². The van der Waals surface area contributed by atoms with Gasteiger partial charge in [0.15, 0.2) is 6.10 Å². The molecule has 5 nitrogen and oxygen atoms in total. The quantitative estimate of drug-likeness (QED) is 0.0346. The molecular formula is C59H110O5. The summed E-state index contributed by atoms with van der Waals surface area (Å²) in [4.78, 5) is 25.4. The van der Waals surface area contributed by atoms with E-state index in [9.17, 15) is 9.59 Å². The van der Waals surface area contributed by atoms with Gasteiger partial charge in [0.2, 0.25) is 0 Å². The highest BCUT2D eigenvalue weighted by Gasteiger charge is 2.17. The average Bonchev–Trinajstić information content (AvgIpc) is 3.30. The van der Waals surface area contributed by atoms with Gasteiger partial charge in [-0.05, 0) is 89.9 Å². The predicted octanol–water partition coefficient (Wildman–Crippen LogP) is 19.4. The molecule has 0 spiro atoms. The number of carbonyl (C=O) groups excluding carboxylic acids is 2. The van der Waals surface area contributed by atoms with Gasteiger partial charge in [-0.3, -0.25) is 9.59 Å². The third-order valence-electron chi connectivity index (χ3n) is 12.6. The third-order valence-corrected chi connectivity index (χ3v) is 12.6. The highest BCUT2D eigenvalue weighted by atomic mass is 16.6. The third kappa shape index (κ3) is 52.7. The molecule has 5 heteroatoms. The van der Waals surface area contributed by atoms with Crippen LogP contribution in [0.4, 0.5) is 0 Å². The number of hydrogen-bond donors (Lipinski definition) is 0. The van der Waals surface area contributed by atoms with Gasteiger partial charge in [-0.1, -0.05) is 237 Å². The van der Waals surface area contributed by atoms with E-state index in [0.29, 0.717) is 19.4 Å². The molecular weight excluding hydrogens is 789 g/mol. The molecule has 0 aliphatic rings. The molecule has 0 saturated heterocycles. The molecule has 64 heavy (non-hydrogen) atoms. The summed E-state index contributed by atoms with van der Waals surface area (Å²) in [6, 6.07) is 0. The summed E-state index contributed by atoms with van der Waals surface area (Å²) in [5.74, 6) is -0.398. The Kier molecular flexibility index (Phi) is 53.8. The van der Waals surface area contributed by atoms with Crippen molar-refractivity contribution < 1.29 is 23.8 Å². The second kappa shape index (κ2) is 55.4. The molecule has 0 aromatic heterocycles. The Morgan fingerprint density at radius 3 is 1.00 bits per heavy atom. The van der Waals surface area contributed by atoms with Gasteiger partial charge in [0.1, 0.15) is 6.61 Å². The molecule has 0 aromatic carbocycles. The molecule has 0 heterocycles. The van der Waals surface area contributed by atoms with Crippen LogP contribution in [0.3, 0.4) is 0 Å². The molecule has 0 radical (unpaired) electrons. The minimum atomic E-state index is -0.539. The van der Waals surface area contributed by atoms with Gasteiger partial charge in [-0.2, -0.15) is 0 Å². The standard InChI is InChI=1S/C59H110O5/c1-4-7-10-13-16-19-22-24-26-28-30-31-33-35-38-40-43-46-49-52-58(60)63-56-57(64-59(61)53-50-47-44-41-37-21-18-15-12-9-6-3)55-62-54-51-48-45-42-39-36-34-32-29-27-25-23-20-17-14-11-8-5-2/h15,18,24-27,57H,4-14,16-17,19-23,28-56H2,1-3H3/b18-15-,26-24-,27-25-. The smallest absolute Gasteiger partial charge is 0.306 e. The van der Waals surface area contributed by atoms with Crippen molar-refractivity contribution in [2.45, 2.75) is 309 Å². The van der Waals surface area contributed by atoms with Crippen molar-refractivity contribution in [1.82, 2.24) is 0 Å². The topological polar surface area (TPSA) is 61.8 Å². The largest absolute Gasteiger partial charge is 0.462 e. The van der Waals surface area contributed by atoms with E-state index >= 15 is 0 Å². The number of unbranched alkanes of at least 4 members (excludes halogenated alkanes) is 36. The number of rotatable bonds is 53. The maximum atomic E-state index is 12.8. The number of ether oxygens (including phenoxy) is 3. The molecule has 0 amide bonds. The van der Waals surface area contributed by atoms with Crippen LogP contribution in [-0.4, -0.2) is 37.9 Å². The Balaban J connectivity index is 4.18. The molecule has 0 N–H and O–H groups in total. The maximum Gasteiger partial charge on any atom is 0.306 e. The summed E-state index contributed by atoms with van der Waals surface area (Å²) in [7, 11) is 0. The van der Waals surface area contributed by atoms with Gasteiger partial charge in [0, 0.05) is 19.4 Å². The lowest BCUT2D eigenvalue weighted by atomic mass is 10.1. The molecule has 376 valence electrons. The van der Waals surface area contributed by atoms with Crippen LogP contribution in [0.5, 0.6) is 0 Å². The van der Waals surface area contributed by atoms with E-state index in [1.165, 1.54) is 218 Å². The van der Waals surface area contributed by atoms with Gasteiger partial charge >= 0.3 is 11.9 Å². The Morgan fingerprint density at radius 2 is 0.625 bits per heavy atom. The first kappa shape index (κ1) is 62.1. The van der Waals surface area contributed by atoms with Gasteiger partial charge in [-0.25, -0.2) is 0 Å². The lowest BCUT2D eigenvalue weighted by Crippen LogP contribution is -2.30. The fraction of sp³-hybridized carbons (Fsp3) is 0.864. The van der Waals surface area contributed by atoms with Crippen LogP contribution in [0.1, 0.15) is 303 Å². The van der Waals surface area contributed by atoms with Crippen LogP contribution in [0.15, 0.2) is 36.5 Å². The summed E-state index contributed by atoms with van der Waals surface area (Å²) in [6.45, 7) is 7.82. The zero-order valence-corrected chi connectivity index (χ0v) is 43.3. The molecule has 1 unspecified atom stereocenters. The first-order valence-electron chi connectivity index (χ1n) is 28.5. The summed E-state index contributed by atoms with van der Waals surface area (Å²) >= 11 is 0. The van der Waals surface area contributed by atoms with Crippen molar-refractivity contribution in [3.05, 3.63) is 36.5 Å². The molecule has 0 bridgehead atoms. The number of esters is 2. The van der Waals surface area contributed by atoms with Crippen molar-refractivity contribution in [3.8, 4) is 0 Å². The Morgan fingerprint density at radius 1 is 0.328 bits per heavy atom. The normalized spacial score (nSPS) is 12.4. The molecule has 0 aliphatic heterocycles. The lowest BCUT2D eigenvalue weighted by Gasteiger charge is -2.18. The van der Waals surface area contributed by atoms with Crippen molar-refractivity contribution in [1.29, 1.82) is 0 Å². The van der Waals surface area contributed by atoms with Crippen molar-refractivity contribution >= 4 is 11.9 Å². The van der Waals surface area contributed by atoms with Crippen LogP contribution in [0, 0.1) is 0 Å². The molecule has 1 atom stereocenters. The SMILES string of the molecule is CCCC/C=C\CCCCCCCC(=O)OC(COCCCCCCCCCC/C=C\CCCCCCCC)COC(=O)CCCCCCCCCCC/C=C\CCCCCCCC. The Hall–Kier alpha value is -1.88. The summed E-state index contributed by atoms with van der Waals surface area (Å²) < 4.78 is 17.4. The van der Waals surface area contributed by atoms with Crippen LogP contribution >= 0.6 is 0 Å². The van der Waals surface area contributed by atoms with E-state index in [0.717, 1.165) is 51.4 Å². The maximum absolute atomic E-state index is 12.8. The van der Waals surface area contributed by atoms with E-state index in [-0.39, 0.29) is 25.2 Å². The number of allylic oxidation sites excluding steroid dienone is 6. The van der Waals surface area contributed by atoms with E-state index < -0.39 is 6.10 Å². The summed E-state index contributed by atoms with van der Waals surface area (Å²) in [5.41, 5.74) is 0. The Bertz CT molecular complexity index is 1020. The second-order valence-corrected chi connectivity index (χ2v) is 19.2. The number of carbonyl (C=O) groups is 2. The fourth-order valence-corrected chi connectivity index (χ4v) is 8.31. The predicted molar refractivity (Wildman–Crippen MR) is 279 cm³/mol. The molecule has 0 aliphatic carbocycles. The van der Waals surface area contributed by atoms with Crippen LogP contribution in [0.2, 0.25) is 0 Å². The van der Waals surface area contributed by atoms with Crippen molar-refractivity contribution in [3.63, 3.8) is 0 Å². The van der Waals surface area contributed by atoms with Crippen LogP contribution in [-0.2, 0) is 23.8 Å². The van der Waals surface area contributed by atoms with Crippen LogP contribution < -0.4 is 0 Å². The van der Waals surface area contributed by atoms with Gasteiger partial charge in [0.25, 0.3) is 0 Å². The van der Waals surface area contributed by atoms with Gasteiger partial charge < -0.3 is 14.2 Å². The minimum absolute atomic E-state index is 0.0835. The number of hydrogen-bond acceptors (Lipinski definition) is 5. The zero-order valence-electron chi connectivity index (χ0n) is 43.3. The fourth-order valence-electron chi connectivity index (χ4n) is 8.31. The average molecular weight is 900 g/mol. The van der Waals surface area contributed by atoms with E-state index in [1.54, 1.807) is 0 Å². The van der Waals surface area contributed by atoms with E-state index in [1.807, 2.05) is 0 Å². The first-order valence-corrected chi connectivity index (χ1v) is 28.5. The first-order chi connectivity index (χ1) is 31.6. The van der Waals surface area contributed by atoms with Gasteiger partial charge in [0.05, 0.1) is 6.61 Å². The molecule has 0 rings (SSSR count). The summed E-state index contributed by atoms with van der Waals surface area (Å²) in [6.07, 6.45) is 67.4. The van der Waals surface area contributed by atoms with Crippen molar-refractivity contribution in [2.24, 2.45) is 0 Å². The van der Waals surface area contributed by atoms with E-state index in [2.05, 4.69) is 57.2 Å². The van der Waals surface area contributed by atoms with Crippen LogP contribution in [0.25, 0.3) is 0 Å². The minimum Gasteiger partial charge on any atom is -0.462 e. The Labute approximate surface area is 400 Å². The van der Waals surface area contributed by atoms with E-state index in [4.69, 9.17) is 14.2 Å². The molecule has 0 saturated carbocycles. The zero-order chi connectivity index (χ0) is 46.3. The summed E-state index contributed by atoms with van der Waals surface area (Å²) in [5, 5.41) is 0. The second-order valence-electron chi connectivity index (χ2n) is 19.2. The monoisotopic (exact) mass is 899 g/mol. The highest BCUT2D eigenvalue weighted by molar-refractivity contribution is 5.70. The molecule has 0 aromatic rings. The lowest BCUT2D eigenvalue weighted by molar-refractivity contribution is -0.163. The molecule has 0 fully saturated rings. The highest BCUT2D eigenvalue weighted by Crippen LogP contribution is 2.15. The van der Waals surface area contributed by atoms with Crippen molar-refractivity contribution in [2.75, 3.05) is 19.8 Å².